The zero-order chi connectivity index (χ0) is 11.1. The lowest BCUT2D eigenvalue weighted by Gasteiger charge is -2.42. The molecule has 82 valence electrons. The number of fused-ring (bicyclic) bond motifs is 1. The monoisotopic (exact) mass is 204 g/mol. The van der Waals surface area contributed by atoms with Crippen LogP contribution in [-0.4, -0.2) is 5.78 Å². The van der Waals surface area contributed by atoms with Gasteiger partial charge in [0.05, 0.1) is 0 Å². The summed E-state index contributed by atoms with van der Waals surface area (Å²) in [5.41, 5.74) is 3.00. The summed E-state index contributed by atoms with van der Waals surface area (Å²) in [4.78, 5) is 11.4. The van der Waals surface area contributed by atoms with Crippen molar-refractivity contribution in [2.24, 2.45) is 11.3 Å². The molecule has 0 heterocycles. The Balaban J connectivity index is 2.22. The van der Waals surface area contributed by atoms with Gasteiger partial charge in [-0.2, -0.15) is 0 Å². The van der Waals surface area contributed by atoms with E-state index in [-0.39, 0.29) is 5.41 Å². The number of carbonyl (C=O) groups is 1. The van der Waals surface area contributed by atoms with Gasteiger partial charge in [0.15, 0.2) is 5.78 Å². The Hall–Kier alpha value is -0.850. The van der Waals surface area contributed by atoms with Gasteiger partial charge in [-0.25, -0.2) is 0 Å². The average Bonchev–Trinajstić information content (AvgIpc) is 2.18. The van der Waals surface area contributed by atoms with Gasteiger partial charge >= 0.3 is 0 Å². The van der Waals surface area contributed by atoms with E-state index < -0.39 is 0 Å². The van der Waals surface area contributed by atoms with Crippen molar-refractivity contribution in [1.82, 2.24) is 0 Å². The summed E-state index contributed by atoms with van der Waals surface area (Å²) >= 11 is 0. The van der Waals surface area contributed by atoms with Crippen molar-refractivity contribution in [3.05, 3.63) is 23.8 Å². The molecule has 2 unspecified atom stereocenters. The molecular formula is C14H20O. The molecule has 1 saturated carbocycles. The van der Waals surface area contributed by atoms with E-state index in [9.17, 15) is 4.79 Å². The van der Waals surface area contributed by atoms with Gasteiger partial charge in [0, 0.05) is 6.42 Å². The molecule has 1 nitrogen and oxygen atoms in total. The van der Waals surface area contributed by atoms with Crippen LogP contribution in [0.2, 0.25) is 0 Å². The van der Waals surface area contributed by atoms with Crippen LogP contribution in [0.4, 0.5) is 0 Å². The minimum Gasteiger partial charge on any atom is -0.295 e. The molecule has 0 spiro atoms. The van der Waals surface area contributed by atoms with E-state index in [2.05, 4.69) is 20.4 Å². The Kier molecular flexibility index (Phi) is 2.57. The molecule has 0 aromatic carbocycles. The lowest BCUT2D eigenvalue weighted by Crippen LogP contribution is -2.32. The van der Waals surface area contributed by atoms with Crippen LogP contribution in [0.5, 0.6) is 0 Å². The van der Waals surface area contributed by atoms with Gasteiger partial charge < -0.3 is 0 Å². The lowest BCUT2D eigenvalue weighted by molar-refractivity contribution is -0.116. The second-order valence-electron chi connectivity index (χ2n) is 5.48. The maximum atomic E-state index is 11.4. The Morgan fingerprint density at radius 2 is 2.27 bits per heavy atom. The van der Waals surface area contributed by atoms with E-state index in [4.69, 9.17) is 0 Å². The van der Waals surface area contributed by atoms with Crippen LogP contribution in [0.15, 0.2) is 23.8 Å². The molecule has 2 rings (SSSR count). The largest absolute Gasteiger partial charge is 0.295 e. The summed E-state index contributed by atoms with van der Waals surface area (Å²) in [5, 5.41) is 0. The van der Waals surface area contributed by atoms with Gasteiger partial charge in [-0.3, -0.25) is 4.79 Å². The van der Waals surface area contributed by atoms with Gasteiger partial charge in [0.25, 0.3) is 0 Å². The highest BCUT2D eigenvalue weighted by Crippen LogP contribution is 2.49. The molecule has 0 saturated heterocycles. The molecule has 1 heteroatoms. The molecule has 2 aliphatic carbocycles. The van der Waals surface area contributed by atoms with Crippen LogP contribution < -0.4 is 0 Å². The molecule has 2 aliphatic rings. The third-order valence-electron chi connectivity index (χ3n) is 4.19. The first-order valence-electron chi connectivity index (χ1n) is 5.90. The zero-order valence-corrected chi connectivity index (χ0v) is 9.81. The zero-order valence-electron chi connectivity index (χ0n) is 9.81. The normalized spacial score (nSPS) is 35.7. The van der Waals surface area contributed by atoms with Gasteiger partial charge in [0.2, 0.25) is 0 Å². The van der Waals surface area contributed by atoms with Crippen molar-refractivity contribution >= 4 is 5.78 Å². The van der Waals surface area contributed by atoms with Crippen LogP contribution >= 0.6 is 0 Å². The highest BCUT2D eigenvalue weighted by molar-refractivity contribution is 5.91. The van der Waals surface area contributed by atoms with E-state index in [0.29, 0.717) is 11.7 Å². The van der Waals surface area contributed by atoms with Crippen molar-refractivity contribution < 1.29 is 4.79 Å². The van der Waals surface area contributed by atoms with E-state index >= 15 is 0 Å². The average molecular weight is 204 g/mol. The molecule has 0 aromatic rings. The Bertz CT molecular complexity index is 337. The van der Waals surface area contributed by atoms with Gasteiger partial charge in [-0.05, 0) is 50.0 Å². The first-order valence-corrected chi connectivity index (χ1v) is 5.90. The molecular weight excluding hydrogens is 184 g/mol. The second kappa shape index (κ2) is 3.62. The number of rotatable bonds is 1. The molecule has 0 N–H and O–H groups in total. The Labute approximate surface area is 92.3 Å². The maximum absolute atomic E-state index is 11.4. The van der Waals surface area contributed by atoms with Crippen molar-refractivity contribution in [2.75, 3.05) is 0 Å². The minimum atomic E-state index is 0.287. The van der Waals surface area contributed by atoms with E-state index in [1.54, 1.807) is 0 Å². The molecule has 0 bridgehead atoms. The van der Waals surface area contributed by atoms with Crippen LogP contribution in [0.3, 0.4) is 0 Å². The number of carbonyl (C=O) groups excluding carboxylic acids is 1. The number of hydrogen-bond acceptors (Lipinski definition) is 1. The summed E-state index contributed by atoms with van der Waals surface area (Å²) < 4.78 is 0. The Morgan fingerprint density at radius 1 is 1.53 bits per heavy atom. The Morgan fingerprint density at radius 3 is 2.93 bits per heavy atom. The first-order chi connectivity index (χ1) is 7.01. The molecule has 1 fully saturated rings. The molecule has 0 radical (unpaired) electrons. The minimum absolute atomic E-state index is 0.287. The van der Waals surface area contributed by atoms with Crippen LogP contribution in [0, 0.1) is 11.3 Å². The SMILES string of the molecule is C=C(C)C1CCC2=CC(=O)CCC2(C)C1. The van der Waals surface area contributed by atoms with E-state index in [1.807, 2.05) is 6.08 Å². The predicted molar refractivity (Wildman–Crippen MR) is 62.6 cm³/mol. The molecule has 0 amide bonds. The summed E-state index contributed by atoms with van der Waals surface area (Å²) in [6.45, 7) is 8.53. The first kappa shape index (κ1) is 10.7. The smallest absolute Gasteiger partial charge is 0.155 e. The predicted octanol–water partition coefficient (Wildman–Crippen LogP) is 3.66. The van der Waals surface area contributed by atoms with Crippen LogP contribution in [0.1, 0.15) is 46.0 Å². The molecule has 0 aromatic heterocycles. The fourth-order valence-electron chi connectivity index (χ4n) is 3.00. The van der Waals surface area contributed by atoms with Gasteiger partial charge in [-0.1, -0.05) is 24.6 Å². The van der Waals surface area contributed by atoms with Crippen molar-refractivity contribution in [3.8, 4) is 0 Å². The fraction of sp³-hybridized carbons (Fsp3) is 0.643. The highest BCUT2D eigenvalue weighted by atomic mass is 16.1. The van der Waals surface area contributed by atoms with E-state index in [1.165, 1.54) is 24.0 Å². The standard InChI is InChI=1S/C14H20O/c1-10(2)11-4-5-12-8-13(15)6-7-14(12,3)9-11/h8,11H,1,4-7,9H2,2-3H3. The quantitative estimate of drug-likeness (QED) is 0.596. The van der Waals surface area contributed by atoms with Gasteiger partial charge in [-0.15, -0.1) is 0 Å². The third-order valence-corrected chi connectivity index (χ3v) is 4.19. The maximum Gasteiger partial charge on any atom is 0.155 e. The molecule has 2 atom stereocenters. The van der Waals surface area contributed by atoms with Crippen LogP contribution in [0.25, 0.3) is 0 Å². The lowest BCUT2D eigenvalue weighted by atomic mass is 9.62. The summed E-state index contributed by atoms with van der Waals surface area (Å²) in [5.74, 6) is 0.997. The van der Waals surface area contributed by atoms with Crippen molar-refractivity contribution in [1.29, 1.82) is 0 Å². The third kappa shape index (κ3) is 1.92. The summed E-state index contributed by atoms with van der Waals surface area (Å²) in [6.07, 6.45) is 7.17. The second-order valence-corrected chi connectivity index (χ2v) is 5.48. The molecule has 0 aliphatic heterocycles. The van der Waals surface area contributed by atoms with Crippen LogP contribution in [-0.2, 0) is 4.79 Å². The van der Waals surface area contributed by atoms with Crippen molar-refractivity contribution in [2.45, 2.75) is 46.0 Å². The van der Waals surface area contributed by atoms with Gasteiger partial charge in [0.1, 0.15) is 0 Å². The molecule has 15 heavy (non-hydrogen) atoms. The van der Waals surface area contributed by atoms with Crippen molar-refractivity contribution in [3.63, 3.8) is 0 Å². The number of hydrogen-bond donors (Lipinski definition) is 0. The summed E-state index contributed by atoms with van der Waals surface area (Å²) in [7, 11) is 0. The van der Waals surface area contributed by atoms with E-state index in [0.717, 1.165) is 19.3 Å². The summed E-state index contributed by atoms with van der Waals surface area (Å²) in [6, 6.07) is 0. The fourth-order valence-corrected chi connectivity index (χ4v) is 3.00. The number of ketones is 1. The topological polar surface area (TPSA) is 17.1 Å². The number of allylic oxidation sites excluding steroid dienone is 3. The highest BCUT2D eigenvalue weighted by Gasteiger charge is 2.38.